The van der Waals surface area contributed by atoms with E-state index in [1.807, 2.05) is 26.0 Å². The zero-order chi connectivity index (χ0) is 19.7. The van der Waals surface area contributed by atoms with Gasteiger partial charge in [-0.15, -0.1) is 0 Å². The molecule has 4 heterocycles. The van der Waals surface area contributed by atoms with Gasteiger partial charge in [0, 0.05) is 25.3 Å². The normalized spacial score (nSPS) is 18.4. The fourth-order valence-corrected chi connectivity index (χ4v) is 3.60. The summed E-state index contributed by atoms with van der Waals surface area (Å²) in [6, 6.07) is 8.78. The summed E-state index contributed by atoms with van der Waals surface area (Å²) in [5, 5.41) is 5.77. The highest BCUT2D eigenvalue weighted by Gasteiger charge is 2.40. The molecular weight excluding hydrogens is 356 g/mol. The van der Waals surface area contributed by atoms with Crippen molar-refractivity contribution in [1.29, 1.82) is 0 Å². The van der Waals surface area contributed by atoms with Crippen LogP contribution in [0.5, 0.6) is 0 Å². The number of anilines is 3. The molecule has 8 heteroatoms. The first-order valence-electron chi connectivity index (χ1n) is 9.65. The van der Waals surface area contributed by atoms with Crippen molar-refractivity contribution in [2.45, 2.75) is 38.8 Å². The highest BCUT2D eigenvalue weighted by molar-refractivity contribution is 6.05. The van der Waals surface area contributed by atoms with Gasteiger partial charge in [-0.3, -0.25) is 15.0 Å². The Morgan fingerprint density at radius 1 is 1.29 bits per heavy atom. The van der Waals surface area contributed by atoms with E-state index in [4.69, 9.17) is 0 Å². The molecule has 1 fully saturated rings. The first kappa shape index (κ1) is 18.2. The fourth-order valence-electron chi connectivity index (χ4n) is 3.60. The third-order valence-corrected chi connectivity index (χ3v) is 5.29. The average molecular weight is 380 g/mol. The van der Waals surface area contributed by atoms with E-state index in [0.29, 0.717) is 17.3 Å². The average Bonchev–Trinajstić information content (AvgIpc) is 3.12. The highest BCUT2D eigenvalue weighted by atomic mass is 16.2. The Morgan fingerprint density at radius 2 is 2.14 bits per heavy atom. The van der Waals surface area contributed by atoms with E-state index in [0.717, 1.165) is 31.6 Å². The number of hydrogen-bond donors (Lipinski definition) is 2. The van der Waals surface area contributed by atoms with E-state index in [-0.39, 0.29) is 24.0 Å². The van der Waals surface area contributed by atoms with Crippen molar-refractivity contribution < 1.29 is 9.59 Å². The van der Waals surface area contributed by atoms with Crippen molar-refractivity contribution in [1.82, 2.24) is 15.3 Å². The Labute approximate surface area is 164 Å². The summed E-state index contributed by atoms with van der Waals surface area (Å²) >= 11 is 0. The lowest BCUT2D eigenvalue weighted by Gasteiger charge is -2.35. The number of urea groups is 1. The molecule has 1 unspecified atom stereocenters. The Morgan fingerprint density at radius 3 is 2.89 bits per heavy atom. The summed E-state index contributed by atoms with van der Waals surface area (Å²) in [6.07, 6.45) is 3.33. The minimum absolute atomic E-state index is 0.0246. The second kappa shape index (κ2) is 7.46. The van der Waals surface area contributed by atoms with Crippen LogP contribution in [0.1, 0.15) is 37.2 Å². The van der Waals surface area contributed by atoms with Gasteiger partial charge >= 0.3 is 6.03 Å². The van der Waals surface area contributed by atoms with Crippen LogP contribution in [0.2, 0.25) is 0 Å². The molecule has 28 heavy (non-hydrogen) atoms. The molecule has 2 atom stereocenters. The predicted octanol–water partition coefficient (Wildman–Crippen LogP) is 2.64. The number of aromatic nitrogens is 2. The van der Waals surface area contributed by atoms with Crippen LogP contribution in [-0.2, 0) is 0 Å². The minimum Gasteiger partial charge on any atom is -0.366 e. The molecular formula is C20H24N6O2. The molecule has 2 aliphatic rings. The third-order valence-electron chi connectivity index (χ3n) is 5.29. The maximum absolute atomic E-state index is 13.0. The molecule has 146 valence electrons. The molecule has 0 saturated carbocycles. The van der Waals surface area contributed by atoms with Crippen LogP contribution in [0.3, 0.4) is 0 Å². The van der Waals surface area contributed by atoms with Crippen LogP contribution in [0.4, 0.5) is 22.1 Å². The first-order chi connectivity index (χ1) is 13.6. The molecule has 0 radical (unpaired) electrons. The van der Waals surface area contributed by atoms with Crippen LogP contribution in [0.15, 0.2) is 36.5 Å². The fraction of sp³-hybridized carbons (Fsp3) is 0.400. The molecule has 1 saturated heterocycles. The monoisotopic (exact) mass is 380 g/mol. The smallest absolute Gasteiger partial charge is 0.329 e. The van der Waals surface area contributed by atoms with Gasteiger partial charge in [0.2, 0.25) is 0 Å². The van der Waals surface area contributed by atoms with Gasteiger partial charge in [0.1, 0.15) is 11.5 Å². The van der Waals surface area contributed by atoms with Crippen LogP contribution in [0, 0.1) is 0 Å². The van der Waals surface area contributed by atoms with E-state index in [1.165, 1.54) is 0 Å². The van der Waals surface area contributed by atoms with E-state index in [1.54, 1.807) is 29.3 Å². The minimum atomic E-state index is -0.279. The summed E-state index contributed by atoms with van der Waals surface area (Å²) < 4.78 is 0. The van der Waals surface area contributed by atoms with Crippen molar-refractivity contribution in [2.24, 2.45) is 0 Å². The Hall–Kier alpha value is -3.16. The van der Waals surface area contributed by atoms with Crippen molar-refractivity contribution in [2.75, 3.05) is 28.2 Å². The van der Waals surface area contributed by atoms with Crippen molar-refractivity contribution in [3.8, 4) is 0 Å². The first-order valence-corrected chi connectivity index (χ1v) is 9.65. The molecule has 3 amide bonds. The number of nitrogens with one attached hydrogen (secondary N) is 2. The van der Waals surface area contributed by atoms with E-state index < -0.39 is 0 Å². The third kappa shape index (κ3) is 3.37. The van der Waals surface area contributed by atoms with Crippen LogP contribution < -0.4 is 20.4 Å². The summed E-state index contributed by atoms with van der Waals surface area (Å²) in [5.41, 5.74) is 1.20. The number of pyridine rings is 2. The number of rotatable bonds is 4. The van der Waals surface area contributed by atoms with Crippen LogP contribution in [0.25, 0.3) is 0 Å². The zero-order valence-electron chi connectivity index (χ0n) is 16.1. The van der Waals surface area contributed by atoms with E-state index in [9.17, 15) is 9.59 Å². The number of nitrogens with zero attached hydrogens (tertiary/aromatic N) is 4. The maximum Gasteiger partial charge on any atom is 0.329 e. The quantitative estimate of drug-likeness (QED) is 0.851. The number of carbonyl (C=O) groups excluding carboxylic acids is 2. The Bertz CT molecular complexity index is 888. The molecule has 2 bridgehead atoms. The van der Waals surface area contributed by atoms with Gasteiger partial charge in [-0.05, 0) is 44.0 Å². The Balaban J connectivity index is 1.65. The van der Waals surface area contributed by atoms with Crippen LogP contribution in [-0.4, -0.2) is 47.1 Å². The molecule has 0 aliphatic carbocycles. The molecule has 4 rings (SSSR count). The molecule has 8 nitrogen and oxygen atoms in total. The van der Waals surface area contributed by atoms with Crippen LogP contribution >= 0.6 is 0 Å². The second-order valence-electron chi connectivity index (χ2n) is 7.23. The summed E-state index contributed by atoms with van der Waals surface area (Å²) in [4.78, 5) is 38.2. The second-order valence-corrected chi connectivity index (χ2v) is 7.23. The number of amides is 3. The molecule has 0 spiro atoms. The van der Waals surface area contributed by atoms with Gasteiger partial charge in [-0.25, -0.2) is 14.8 Å². The SMILES string of the molecule is CC[C@H](C)NC(=O)c1ccc2c(n1)N(C(=O)Nc1ccccn1)C1CCN2C1. The molecule has 2 aliphatic heterocycles. The maximum atomic E-state index is 13.0. The van der Waals surface area contributed by atoms with Gasteiger partial charge < -0.3 is 10.2 Å². The summed E-state index contributed by atoms with van der Waals surface area (Å²) in [7, 11) is 0. The standard InChI is InChI=1S/C20H24N6O2/c1-3-13(2)22-19(27)15-7-8-16-18(23-15)26(14-9-11-25(16)12-14)20(28)24-17-6-4-5-10-21-17/h4-8,10,13-14H,3,9,11-12H2,1-2H3,(H,22,27)(H,21,24,28)/t13-,14?/m0/s1. The Kier molecular flexibility index (Phi) is 4.85. The summed E-state index contributed by atoms with van der Waals surface area (Å²) in [5.74, 6) is 0.786. The number of fused-ring (bicyclic) bond motifs is 4. The topological polar surface area (TPSA) is 90.5 Å². The highest BCUT2D eigenvalue weighted by Crippen LogP contribution is 2.39. The van der Waals surface area contributed by atoms with Gasteiger partial charge in [-0.1, -0.05) is 13.0 Å². The van der Waals surface area contributed by atoms with Gasteiger partial charge in [0.05, 0.1) is 11.7 Å². The largest absolute Gasteiger partial charge is 0.366 e. The van der Waals surface area contributed by atoms with Gasteiger partial charge in [0.15, 0.2) is 5.82 Å². The lowest BCUT2D eigenvalue weighted by atomic mass is 10.1. The predicted molar refractivity (Wildman–Crippen MR) is 108 cm³/mol. The number of carbonyl (C=O) groups is 2. The number of hydrogen-bond acceptors (Lipinski definition) is 5. The van der Waals surface area contributed by atoms with Gasteiger partial charge in [0.25, 0.3) is 5.91 Å². The molecule has 2 N–H and O–H groups in total. The summed E-state index contributed by atoms with van der Waals surface area (Å²) in [6.45, 7) is 5.60. The van der Waals surface area contributed by atoms with Crippen molar-refractivity contribution in [3.63, 3.8) is 0 Å². The van der Waals surface area contributed by atoms with Crippen molar-refractivity contribution >= 4 is 29.3 Å². The lowest BCUT2D eigenvalue weighted by Crippen LogP contribution is -2.48. The molecule has 2 aromatic rings. The molecule has 0 aromatic carbocycles. The van der Waals surface area contributed by atoms with Gasteiger partial charge in [-0.2, -0.15) is 0 Å². The van der Waals surface area contributed by atoms with Crippen molar-refractivity contribution in [3.05, 3.63) is 42.2 Å². The zero-order valence-corrected chi connectivity index (χ0v) is 16.1. The lowest BCUT2D eigenvalue weighted by molar-refractivity contribution is 0.0934. The van der Waals surface area contributed by atoms with E-state index >= 15 is 0 Å². The van der Waals surface area contributed by atoms with E-state index in [2.05, 4.69) is 25.5 Å². The molecule has 2 aromatic heterocycles.